The molecule has 0 amide bonds. The Balaban J connectivity index is 1.48. The van der Waals surface area contributed by atoms with Gasteiger partial charge in [-0.25, -0.2) is 4.79 Å². The molecule has 0 fully saturated rings. The van der Waals surface area contributed by atoms with Crippen molar-refractivity contribution in [2.75, 3.05) is 0 Å². The van der Waals surface area contributed by atoms with E-state index in [9.17, 15) is 15.0 Å². The van der Waals surface area contributed by atoms with Crippen molar-refractivity contribution in [3.63, 3.8) is 0 Å². The molecule has 2 heterocycles. The third-order valence-electron chi connectivity index (χ3n) is 6.76. The number of aromatic hydroxyl groups is 1. The molecule has 2 N–H and O–H groups in total. The zero-order chi connectivity index (χ0) is 30.3. The fourth-order valence-electron chi connectivity index (χ4n) is 4.56. The summed E-state index contributed by atoms with van der Waals surface area (Å²) < 4.78 is 19.8. The van der Waals surface area contributed by atoms with Crippen molar-refractivity contribution in [1.29, 1.82) is 0 Å². The summed E-state index contributed by atoms with van der Waals surface area (Å²) in [5.41, 5.74) is 2.62. The molecule has 4 aromatic carbocycles. The Morgan fingerprint density at radius 3 is 1.95 bits per heavy atom. The summed E-state index contributed by atoms with van der Waals surface area (Å²) in [6.45, 7) is 0.665. The molecule has 0 atom stereocenters. The van der Waals surface area contributed by atoms with Gasteiger partial charge in [-0.3, -0.25) is 4.98 Å². The lowest BCUT2D eigenvalue weighted by atomic mass is 10.1. The third-order valence-corrected chi connectivity index (χ3v) is 7.84. The number of nitrogens with zero attached hydrogens (tertiary/aromatic N) is 1. The Morgan fingerprint density at radius 2 is 1.36 bits per heavy atom. The average Bonchev–Trinajstić information content (AvgIpc) is 3.38. The number of aliphatic carboxylic acids is 1. The van der Waals surface area contributed by atoms with Gasteiger partial charge in [0.05, 0.1) is 10.5 Å². The predicted molar refractivity (Wildman–Crippen MR) is 171 cm³/mol. The lowest BCUT2D eigenvalue weighted by Gasteiger charge is -2.14. The van der Waals surface area contributed by atoms with E-state index in [1.165, 1.54) is 23.5 Å². The molecule has 0 saturated carbocycles. The molecule has 0 aliphatic heterocycles. The van der Waals surface area contributed by atoms with Crippen LogP contribution in [0.3, 0.4) is 0 Å². The van der Waals surface area contributed by atoms with Crippen LogP contribution in [-0.4, -0.2) is 21.2 Å². The second kappa shape index (κ2) is 13.1. The van der Waals surface area contributed by atoms with Crippen molar-refractivity contribution < 1.29 is 29.2 Å². The van der Waals surface area contributed by atoms with E-state index in [1.54, 1.807) is 42.7 Å². The van der Waals surface area contributed by atoms with Crippen LogP contribution in [0.5, 0.6) is 28.7 Å². The number of fused-ring (bicyclic) bond motifs is 1. The van der Waals surface area contributed by atoms with Crippen LogP contribution < -0.4 is 14.2 Å². The molecule has 0 aliphatic rings. The van der Waals surface area contributed by atoms with Gasteiger partial charge in [0.1, 0.15) is 24.7 Å². The smallest absolute Gasteiger partial charge is 0.336 e. The lowest BCUT2D eigenvalue weighted by molar-refractivity contribution is -0.130. The van der Waals surface area contributed by atoms with Crippen molar-refractivity contribution in [2.45, 2.75) is 13.2 Å². The topological polar surface area (TPSA) is 98.1 Å². The van der Waals surface area contributed by atoms with Crippen LogP contribution in [0.2, 0.25) is 0 Å². The highest BCUT2D eigenvalue weighted by molar-refractivity contribution is 7.20. The normalized spacial score (nSPS) is 11.3. The molecule has 0 unspecified atom stereocenters. The van der Waals surface area contributed by atoms with Crippen molar-refractivity contribution in [3.8, 4) is 28.7 Å². The zero-order valence-corrected chi connectivity index (χ0v) is 24.2. The summed E-state index contributed by atoms with van der Waals surface area (Å²) in [7, 11) is 0. The zero-order valence-electron chi connectivity index (χ0n) is 23.4. The molecule has 8 heteroatoms. The van der Waals surface area contributed by atoms with Gasteiger partial charge in [0.15, 0.2) is 17.2 Å². The number of aromatic nitrogens is 1. The lowest BCUT2D eigenvalue weighted by Crippen LogP contribution is -2.00. The number of carboxylic acid groups (broad SMARTS) is 1. The van der Waals surface area contributed by atoms with Gasteiger partial charge in [-0.15, -0.1) is 11.3 Å². The number of benzene rings is 4. The molecular weight excluding hydrogens is 574 g/mol. The first-order valence-corrected chi connectivity index (χ1v) is 14.6. The van der Waals surface area contributed by atoms with Crippen LogP contribution in [0.4, 0.5) is 0 Å². The minimum atomic E-state index is -1.08. The highest BCUT2D eigenvalue weighted by atomic mass is 32.1. The van der Waals surface area contributed by atoms with E-state index >= 15 is 0 Å². The number of phenolic OH excluding ortho intramolecular Hbond substituents is 1. The second-order valence-corrected chi connectivity index (χ2v) is 10.9. The van der Waals surface area contributed by atoms with Crippen molar-refractivity contribution in [2.24, 2.45) is 0 Å². The van der Waals surface area contributed by atoms with Gasteiger partial charge >= 0.3 is 5.97 Å². The van der Waals surface area contributed by atoms with Crippen LogP contribution >= 0.6 is 11.3 Å². The number of phenols is 1. The first-order valence-electron chi connectivity index (χ1n) is 13.8. The average molecular weight is 602 g/mol. The fraction of sp³-hybridized carbons (Fsp3) is 0.0556. The van der Waals surface area contributed by atoms with Gasteiger partial charge in [0.2, 0.25) is 0 Å². The standard InChI is InChI=1S/C36H27NO6S/c38-27-11-13-28(14-12-27)43-35-30-19-31(41-22-24-7-3-1-4-8-24)32(42-23-25-9-5-2-6-10-25)21-33(30)44-34(35)20-29(36(39)40)26-15-17-37-18-16-26/h1-21,38H,22-23H2,(H,39,40)/b29-20+. The minimum Gasteiger partial charge on any atom is -0.508 e. The van der Waals surface area contributed by atoms with Gasteiger partial charge in [0.25, 0.3) is 0 Å². The van der Waals surface area contributed by atoms with Crippen LogP contribution in [0.25, 0.3) is 21.7 Å². The minimum absolute atomic E-state index is 0.0932. The highest BCUT2D eigenvalue weighted by Crippen LogP contribution is 2.47. The number of hydrogen-bond donors (Lipinski definition) is 2. The Kier molecular flexibility index (Phi) is 8.52. The number of carboxylic acids is 1. The van der Waals surface area contributed by atoms with Gasteiger partial charge in [0, 0.05) is 28.5 Å². The van der Waals surface area contributed by atoms with Crippen LogP contribution in [-0.2, 0) is 18.0 Å². The Morgan fingerprint density at radius 1 is 0.773 bits per heavy atom. The van der Waals surface area contributed by atoms with E-state index in [2.05, 4.69) is 4.98 Å². The van der Waals surface area contributed by atoms with E-state index in [-0.39, 0.29) is 11.3 Å². The first-order chi connectivity index (χ1) is 21.5. The number of hydrogen-bond acceptors (Lipinski definition) is 7. The summed E-state index contributed by atoms with van der Waals surface area (Å²) in [6.07, 6.45) is 4.71. The molecule has 6 aromatic rings. The van der Waals surface area contributed by atoms with Gasteiger partial charge in [-0.2, -0.15) is 0 Å². The number of rotatable bonds is 11. The molecule has 0 radical (unpaired) electrons. The van der Waals surface area contributed by atoms with Gasteiger partial charge in [-0.1, -0.05) is 60.7 Å². The molecule has 2 aromatic heterocycles. The summed E-state index contributed by atoms with van der Waals surface area (Å²) in [6, 6.07) is 33.1. The highest BCUT2D eigenvalue weighted by Gasteiger charge is 2.21. The molecule has 7 nitrogen and oxygen atoms in total. The Hall–Kier alpha value is -5.60. The van der Waals surface area contributed by atoms with Gasteiger partial charge in [-0.05, 0) is 65.2 Å². The van der Waals surface area contributed by atoms with E-state index in [0.717, 1.165) is 21.2 Å². The number of thiophene rings is 1. The van der Waals surface area contributed by atoms with E-state index in [4.69, 9.17) is 14.2 Å². The maximum atomic E-state index is 12.4. The van der Waals surface area contributed by atoms with Crippen LogP contribution in [0.15, 0.2) is 122 Å². The second-order valence-electron chi connectivity index (χ2n) is 9.83. The fourth-order valence-corrected chi connectivity index (χ4v) is 5.65. The maximum absolute atomic E-state index is 12.4. The molecule has 0 bridgehead atoms. The molecule has 0 spiro atoms. The van der Waals surface area contributed by atoms with Crippen molar-refractivity contribution >= 4 is 39.0 Å². The quantitative estimate of drug-likeness (QED) is 0.144. The largest absolute Gasteiger partial charge is 0.508 e. The van der Waals surface area contributed by atoms with Crippen molar-refractivity contribution in [3.05, 3.63) is 143 Å². The predicted octanol–water partition coefficient (Wildman–Crippen LogP) is 8.58. The summed E-state index contributed by atoms with van der Waals surface area (Å²) >= 11 is 1.38. The molecule has 6 rings (SSSR count). The molecular formula is C36H27NO6S. The summed E-state index contributed by atoms with van der Waals surface area (Å²) in [5, 5.41) is 20.7. The van der Waals surface area contributed by atoms with Crippen LogP contribution in [0.1, 0.15) is 21.6 Å². The maximum Gasteiger partial charge on any atom is 0.336 e. The SMILES string of the molecule is O=C(O)/C(=C/c1sc2cc(OCc3ccccc3)c(OCc3ccccc3)cc2c1Oc1ccc(O)cc1)c1ccncc1. The van der Waals surface area contributed by atoms with E-state index < -0.39 is 5.97 Å². The Labute approximate surface area is 257 Å². The van der Waals surface area contributed by atoms with Gasteiger partial charge < -0.3 is 24.4 Å². The van der Waals surface area contributed by atoms with Crippen LogP contribution in [0, 0.1) is 0 Å². The summed E-state index contributed by atoms with van der Waals surface area (Å²) in [4.78, 5) is 17.0. The monoisotopic (exact) mass is 601 g/mol. The van der Waals surface area contributed by atoms with E-state index in [0.29, 0.717) is 46.7 Å². The van der Waals surface area contributed by atoms with Crippen molar-refractivity contribution in [1.82, 2.24) is 4.98 Å². The molecule has 218 valence electrons. The number of pyridine rings is 1. The summed E-state index contributed by atoms with van der Waals surface area (Å²) in [5.74, 6) is 1.04. The molecule has 0 saturated heterocycles. The number of ether oxygens (including phenoxy) is 3. The number of carbonyl (C=O) groups is 1. The molecule has 44 heavy (non-hydrogen) atoms. The third kappa shape index (κ3) is 6.72. The molecule has 0 aliphatic carbocycles. The van der Waals surface area contributed by atoms with E-state index in [1.807, 2.05) is 72.8 Å². The Bertz CT molecular complexity index is 1900. The first kappa shape index (κ1) is 28.5.